The molecule has 3 rings (SSSR count). The van der Waals surface area contributed by atoms with Crippen LogP contribution >= 0.6 is 11.6 Å². The van der Waals surface area contributed by atoms with Crippen molar-refractivity contribution in [3.05, 3.63) is 82.6 Å². The minimum atomic E-state index is -0.234. The van der Waals surface area contributed by atoms with E-state index in [0.29, 0.717) is 24.0 Å². The zero-order valence-corrected chi connectivity index (χ0v) is 16.7. The molecule has 6 heteroatoms. The van der Waals surface area contributed by atoms with E-state index >= 15 is 0 Å². The smallest absolute Gasteiger partial charge is 0.258 e. The third kappa shape index (κ3) is 5.54. The molecule has 0 unspecified atom stereocenters. The van der Waals surface area contributed by atoms with E-state index in [4.69, 9.17) is 11.6 Å². The van der Waals surface area contributed by atoms with Gasteiger partial charge in [-0.1, -0.05) is 49.7 Å². The number of hydrogen-bond donors (Lipinski definition) is 2. The van der Waals surface area contributed by atoms with Gasteiger partial charge in [-0.05, 0) is 47.7 Å². The van der Waals surface area contributed by atoms with Crippen molar-refractivity contribution in [2.24, 2.45) is 0 Å². The summed E-state index contributed by atoms with van der Waals surface area (Å²) in [7, 11) is 0. The van der Waals surface area contributed by atoms with Gasteiger partial charge in [0.15, 0.2) is 0 Å². The van der Waals surface area contributed by atoms with Gasteiger partial charge in [0.25, 0.3) is 5.91 Å². The Hall–Kier alpha value is -2.92. The molecular weight excluding hydrogens is 372 g/mol. The van der Waals surface area contributed by atoms with Gasteiger partial charge in [-0.3, -0.25) is 4.79 Å². The van der Waals surface area contributed by atoms with Gasteiger partial charge in [-0.2, -0.15) is 0 Å². The minimum Gasteiger partial charge on any atom is -0.354 e. The minimum absolute atomic E-state index is 0.234. The lowest BCUT2D eigenvalue weighted by Gasteiger charge is -2.09. The van der Waals surface area contributed by atoms with Crippen LogP contribution in [-0.2, 0) is 6.42 Å². The number of benzene rings is 2. The molecule has 0 fully saturated rings. The average molecular weight is 395 g/mol. The Bertz CT molecular complexity index is 924. The number of aromatic nitrogens is 2. The first-order valence-electron chi connectivity index (χ1n) is 9.23. The summed E-state index contributed by atoms with van der Waals surface area (Å²) in [5, 5.41) is 6.74. The van der Waals surface area contributed by atoms with Crippen LogP contribution in [0, 0.1) is 0 Å². The fraction of sp³-hybridized carbons (Fsp3) is 0.227. The summed E-state index contributed by atoms with van der Waals surface area (Å²) in [5.74, 6) is 0.708. The quantitative estimate of drug-likeness (QED) is 0.580. The van der Waals surface area contributed by atoms with Gasteiger partial charge in [0.1, 0.15) is 0 Å². The van der Waals surface area contributed by atoms with Crippen LogP contribution < -0.4 is 10.6 Å². The van der Waals surface area contributed by atoms with Gasteiger partial charge >= 0.3 is 0 Å². The molecule has 0 saturated heterocycles. The van der Waals surface area contributed by atoms with E-state index in [1.165, 1.54) is 18.0 Å². The Morgan fingerprint density at radius 3 is 2.43 bits per heavy atom. The number of halogens is 1. The zero-order chi connectivity index (χ0) is 19.9. The first-order valence-corrected chi connectivity index (χ1v) is 9.61. The number of carbonyl (C=O) groups excluding carboxylic acids is 1. The molecule has 0 aliphatic carbocycles. The van der Waals surface area contributed by atoms with Crippen molar-refractivity contribution in [2.45, 2.75) is 26.2 Å². The van der Waals surface area contributed by atoms with E-state index in [-0.39, 0.29) is 5.91 Å². The maximum atomic E-state index is 12.4. The van der Waals surface area contributed by atoms with Gasteiger partial charge in [-0.25, -0.2) is 9.97 Å². The molecule has 0 aliphatic rings. The molecule has 1 heterocycles. The summed E-state index contributed by atoms with van der Waals surface area (Å²) >= 11 is 5.98. The van der Waals surface area contributed by atoms with Crippen LogP contribution in [0.15, 0.2) is 60.9 Å². The van der Waals surface area contributed by atoms with Gasteiger partial charge in [0.05, 0.1) is 5.56 Å². The Morgan fingerprint density at radius 2 is 1.79 bits per heavy atom. The van der Waals surface area contributed by atoms with Crippen LogP contribution in [0.5, 0.6) is 0 Å². The summed E-state index contributed by atoms with van der Waals surface area (Å²) in [5.41, 5.74) is 3.53. The second kappa shape index (κ2) is 9.33. The molecule has 3 aromatic rings. The van der Waals surface area contributed by atoms with Crippen LogP contribution in [0.3, 0.4) is 0 Å². The predicted octanol–water partition coefficient (Wildman–Crippen LogP) is 5.16. The van der Waals surface area contributed by atoms with Crippen molar-refractivity contribution >= 4 is 29.1 Å². The number of anilines is 2. The molecule has 5 nitrogen and oxygen atoms in total. The van der Waals surface area contributed by atoms with E-state index in [1.807, 2.05) is 48.5 Å². The van der Waals surface area contributed by atoms with Crippen molar-refractivity contribution in [3.8, 4) is 0 Å². The van der Waals surface area contributed by atoms with E-state index in [0.717, 1.165) is 22.7 Å². The van der Waals surface area contributed by atoms with Gasteiger partial charge in [0.2, 0.25) is 5.95 Å². The normalized spacial score (nSPS) is 10.7. The standard InChI is InChI=1S/C22H23ClN4O/c1-15(2)17-6-8-20(9-7-17)27-21(28)18-13-25-22(26-14-18)24-11-10-16-4-3-5-19(23)12-16/h3-9,12-15H,10-11H2,1-2H3,(H,27,28)(H,24,25,26). The number of rotatable bonds is 7. The number of nitrogens with zero attached hydrogens (tertiary/aromatic N) is 2. The highest BCUT2D eigenvalue weighted by Crippen LogP contribution is 2.17. The maximum absolute atomic E-state index is 12.4. The molecular formula is C22H23ClN4O. The summed E-state index contributed by atoms with van der Waals surface area (Å²) in [4.78, 5) is 20.8. The van der Waals surface area contributed by atoms with Crippen LogP contribution in [-0.4, -0.2) is 22.4 Å². The lowest BCUT2D eigenvalue weighted by molar-refractivity contribution is 0.102. The SMILES string of the molecule is CC(C)c1ccc(NC(=O)c2cnc(NCCc3cccc(Cl)c3)nc2)cc1. The fourth-order valence-electron chi connectivity index (χ4n) is 2.70. The maximum Gasteiger partial charge on any atom is 0.258 e. The lowest BCUT2D eigenvalue weighted by atomic mass is 10.0. The molecule has 2 aromatic carbocycles. The van der Waals surface area contributed by atoms with E-state index in [2.05, 4.69) is 34.4 Å². The number of amides is 1. The Kier molecular flexibility index (Phi) is 6.61. The number of hydrogen-bond acceptors (Lipinski definition) is 4. The van der Waals surface area contributed by atoms with Crippen molar-refractivity contribution in [1.29, 1.82) is 0 Å². The van der Waals surface area contributed by atoms with Gasteiger partial charge in [-0.15, -0.1) is 0 Å². The molecule has 144 valence electrons. The first kappa shape index (κ1) is 19.8. The van der Waals surface area contributed by atoms with Crippen LogP contribution in [0.1, 0.15) is 41.3 Å². The molecule has 1 amide bonds. The summed E-state index contributed by atoms with van der Waals surface area (Å²) < 4.78 is 0. The number of carbonyl (C=O) groups is 1. The van der Waals surface area contributed by atoms with Crippen LogP contribution in [0.4, 0.5) is 11.6 Å². The van der Waals surface area contributed by atoms with Gasteiger partial charge in [0, 0.05) is 29.6 Å². The second-order valence-corrected chi connectivity index (χ2v) is 7.27. The molecule has 2 N–H and O–H groups in total. The molecule has 0 atom stereocenters. The third-order valence-corrected chi connectivity index (χ3v) is 4.57. The summed E-state index contributed by atoms with van der Waals surface area (Å²) in [6.45, 7) is 4.94. The van der Waals surface area contributed by atoms with Gasteiger partial charge < -0.3 is 10.6 Å². The highest BCUT2D eigenvalue weighted by atomic mass is 35.5. The summed E-state index contributed by atoms with van der Waals surface area (Å²) in [6, 6.07) is 15.6. The monoisotopic (exact) mass is 394 g/mol. The topological polar surface area (TPSA) is 66.9 Å². The summed E-state index contributed by atoms with van der Waals surface area (Å²) in [6.07, 6.45) is 3.84. The highest BCUT2D eigenvalue weighted by molar-refractivity contribution is 6.30. The zero-order valence-electron chi connectivity index (χ0n) is 15.9. The molecule has 0 aliphatic heterocycles. The lowest BCUT2D eigenvalue weighted by Crippen LogP contribution is -2.14. The largest absolute Gasteiger partial charge is 0.354 e. The van der Waals surface area contributed by atoms with Crippen molar-refractivity contribution in [2.75, 3.05) is 17.2 Å². The predicted molar refractivity (Wildman–Crippen MR) is 114 cm³/mol. The first-order chi connectivity index (χ1) is 13.5. The Morgan fingerprint density at radius 1 is 1.07 bits per heavy atom. The molecule has 28 heavy (non-hydrogen) atoms. The van der Waals surface area contributed by atoms with E-state index in [1.54, 1.807) is 0 Å². The molecule has 0 bridgehead atoms. The molecule has 0 spiro atoms. The Balaban J connectivity index is 1.52. The fourth-order valence-corrected chi connectivity index (χ4v) is 2.92. The highest BCUT2D eigenvalue weighted by Gasteiger charge is 2.08. The second-order valence-electron chi connectivity index (χ2n) is 6.83. The van der Waals surface area contributed by atoms with Crippen LogP contribution in [0.2, 0.25) is 5.02 Å². The molecule has 0 radical (unpaired) electrons. The van der Waals surface area contributed by atoms with Crippen molar-refractivity contribution in [1.82, 2.24) is 9.97 Å². The third-order valence-electron chi connectivity index (χ3n) is 4.34. The Labute approximate surface area is 170 Å². The molecule has 1 aromatic heterocycles. The van der Waals surface area contributed by atoms with E-state index < -0.39 is 0 Å². The van der Waals surface area contributed by atoms with Crippen LogP contribution in [0.25, 0.3) is 0 Å². The molecule has 0 saturated carbocycles. The van der Waals surface area contributed by atoms with Crippen molar-refractivity contribution < 1.29 is 4.79 Å². The van der Waals surface area contributed by atoms with E-state index in [9.17, 15) is 4.79 Å². The van der Waals surface area contributed by atoms with Crippen molar-refractivity contribution in [3.63, 3.8) is 0 Å². The number of nitrogens with one attached hydrogen (secondary N) is 2. The average Bonchev–Trinajstić information content (AvgIpc) is 2.69.